The van der Waals surface area contributed by atoms with Crippen LogP contribution in [-0.2, 0) is 13.1 Å². The van der Waals surface area contributed by atoms with Crippen LogP contribution in [0.5, 0.6) is 0 Å². The molecule has 0 radical (unpaired) electrons. The van der Waals surface area contributed by atoms with E-state index in [2.05, 4.69) is 35.2 Å². The van der Waals surface area contributed by atoms with Crippen LogP contribution in [0, 0.1) is 0 Å². The van der Waals surface area contributed by atoms with E-state index >= 15 is 0 Å². The standard InChI is InChI=1S/C19H22N2O2/c22-19(23)18-8-4-7-17(13-18)15-21-11-9-20(10-12-21)14-16-5-2-1-3-6-16/h1-8,13H,9-12,14-15H2,(H,22,23). The van der Waals surface area contributed by atoms with Crippen molar-refractivity contribution in [1.82, 2.24) is 4.90 Å². The topological polar surface area (TPSA) is 47.8 Å². The van der Waals surface area contributed by atoms with Gasteiger partial charge < -0.3 is 14.8 Å². The van der Waals surface area contributed by atoms with Crippen LogP contribution in [0.4, 0.5) is 0 Å². The van der Waals surface area contributed by atoms with Crippen molar-refractivity contribution < 1.29 is 14.8 Å². The molecule has 1 aliphatic rings. The summed E-state index contributed by atoms with van der Waals surface area (Å²) in [7, 11) is 0. The lowest BCUT2D eigenvalue weighted by atomic mass is 10.1. The Kier molecular flexibility index (Phi) is 5.05. The number of piperazine rings is 1. The van der Waals surface area contributed by atoms with E-state index in [1.807, 2.05) is 6.07 Å². The summed E-state index contributed by atoms with van der Waals surface area (Å²) in [5.74, 6) is -1.11. The van der Waals surface area contributed by atoms with E-state index in [9.17, 15) is 9.90 Å². The zero-order valence-corrected chi connectivity index (χ0v) is 13.2. The number of nitrogens with one attached hydrogen (secondary N) is 1. The van der Waals surface area contributed by atoms with Crippen molar-refractivity contribution in [3.05, 3.63) is 71.3 Å². The molecule has 4 nitrogen and oxygen atoms in total. The maximum Gasteiger partial charge on any atom is 0.103 e. The van der Waals surface area contributed by atoms with E-state index in [0.29, 0.717) is 0 Å². The van der Waals surface area contributed by atoms with Gasteiger partial charge in [0.2, 0.25) is 0 Å². The molecule has 1 fully saturated rings. The minimum Gasteiger partial charge on any atom is -0.545 e. The number of carbonyl (C=O) groups excluding carboxylic acids is 1. The summed E-state index contributed by atoms with van der Waals surface area (Å²) in [4.78, 5) is 14.9. The SMILES string of the molecule is O=C([O-])c1cccc(CN2CC[NH+](Cc3ccccc3)CC2)c1. The summed E-state index contributed by atoms with van der Waals surface area (Å²) in [5.41, 5.74) is 2.69. The average Bonchev–Trinajstić information content (AvgIpc) is 2.58. The summed E-state index contributed by atoms with van der Waals surface area (Å²) in [6.07, 6.45) is 0. The fourth-order valence-electron chi connectivity index (χ4n) is 3.14. The lowest BCUT2D eigenvalue weighted by molar-refractivity contribution is -0.918. The van der Waals surface area contributed by atoms with E-state index in [-0.39, 0.29) is 5.56 Å². The Morgan fingerprint density at radius 2 is 1.70 bits per heavy atom. The molecule has 1 heterocycles. The van der Waals surface area contributed by atoms with Gasteiger partial charge in [0.25, 0.3) is 0 Å². The van der Waals surface area contributed by atoms with Gasteiger partial charge in [0.05, 0.1) is 19.1 Å². The fourth-order valence-corrected chi connectivity index (χ4v) is 3.14. The second-order valence-corrected chi connectivity index (χ2v) is 6.18. The molecule has 120 valence electrons. The van der Waals surface area contributed by atoms with Gasteiger partial charge in [0.15, 0.2) is 0 Å². The number of benzene rings is 2. The van der Waals surface area contributed by atoms with E-state index < -0.39 is 5.97 Å². The zero-order chi connectivity index (χ0) is 16.1. The van der Waals surface area contributed by atoms with Gasteiger partial charge in [-0.25, -0.2) is 0 Å². The first-order valence-corrected chi connectivity index (χ1v) is 8.11. The molecule has 0 atom stereocenters. The van der Waals surface area contributed by atoms with Crippen molar-refractivity contribution in [1.29, 1.82) is 0 Å². The van der Waals surface area contributed by atoms with Crippen LogP contribution in [0.2, 0.25) is 0 Å². The van der Waals surface area contributed by atoms with Crippen LogP contribution in [-0.4, -0.2) is 37.0 Å². The smallest absolute Gasteiger partial charge is 0.103 e. The number of carbonyl (C=O) groups is 1. The molecule has 0 amide bonds. The van der Waals surface area contributed by atoms with Gasteiger partial charge >= 0.3 is 0 Å². The van der Waals surface area contributed by atoms with Crippen molar-refractivity contribution in [2.75, 3.05) is 26.2 Å². The van der Waals surface area contributed by atoms with Crippen molar-refractivity contribution in [3.63, 3.8) is 0 Å². The number of carboxylic acids is 1. The third-order valence-corrected chi connectivity index (χ3v) is 4.43. The van der Waals surface area contributed by atoms with Crippen LogP contribution in [0.1, 0.15) is 21.5 Å². The number of rotatable bonds is 5. The Labute approximate surface area is 137 Å². The third kappa shape index (κ3) is 4.41. The molecule has 0 aromatic heterocycles. The van der Waals surface area contributed by atoms with Crippen LogP contribution in [0.3, 0.4) is 0 Å². The number of carboxylic acid groups (broad SMARTS) is 1. The normalized spacial score (nSPS) is 16.3. The molecule has 1 N–H and O–H groups in total. The van der Waals surface area contributed by atoms with Crippen LogP contribution < -0.4 is 10.0 Å². The second-order valence-electron chi connectivity index (χ2n) is 6.18. The minimum absolute atomic E-state index is 0.260. The molecule has 1 aliphatic heterocycles. The maximum absolute atomic E-state index is 10.9. The Hall–Kier alpha value is -2.17. The molecular formula is C19H22N2O2. The van der Waals surface area contributed by atoms with Gasteiger partial charge in [-0.2, -0.15) is 0 Å². The first-order valence-electron chi connectivity index (χ1n) is 8.11. The summed E-state index contributed by atoms with van der Waals surface area (Å²) < 4.78 is 0. The van der Waals surface area contributed by atoms with Gasteiger partial charge in [-0.05, 0) is 17.2 Å². The zero-order valence-electron chi connectivity index (χ0n) is 13.2. The molecule has 0 saturated carbocycles. The van der Waals surface area contributed by atoms with Crippen LogP contribution in [0.15, 0.2) is 54.6 Å². The summed E-state index contributed by atoms with van der Waals surface area (Å²) in [5, 5.41) is 10.9. The van der Waals surface area contributed by atoms with E-state index in [1.54, 1.807) is 23.1 Å². The molecule has 3 rings (SSSR count). The molecular weight excluding hydrogens is 288 g/mol. The number of hydrogen-bond donors (Lipinski definition) is 1. The largest absolute Gasteiger partial charge is 0.545 e. The Balaban J connectivity index is 1.51. The lowest BCUT2D eigenvalue weighted by Crippen LogP contribution is -3.13. The predicted octanol–water partition coefficient (Wildman–Crippen LogP) is -0.0492. The van der Waals surface area contributed by atoms with Crippen LogP contribution >= 0.6 is 0 Å². The quantitative estimate of drug-likeness (QED) is 0.842. The molecule has 1 saturated heterocycles. The number of aromatic carboxylic acids is 1. The Morgan fingerprint density at radius 3 is 2.39 bits per heavy atom. The van der Waals surface area contributed by atoms with E-state index in [1.165, 1.54) is 5.56 Å². The van der Waals surface area contributed by atoms with E-state index in [4.69, 9.17) is 0 Å². The molecule has 0 aliphatic carbocycles. The Morgan fingerprint density at radius 1 is 1.00 bits per heavy atom. The molecule has 4 heteroatoms. The first-order chi connectivity index (χ1) is 11.2. The van der Waals surface area contributed by atoms with Gasteiger partial charge in [0.1, 0.15) is 6.54 Å². The maximum atomic E-state index is 10.9. The fraction of sp³-hybridized carbons (Fsp3) is 0.316. The number of hydrogen-bond acceptors (Lipinski definition) is 3. The van der Waals surface area contributed by atoms with Gasteiger partial charge in [0, 0.05) is 25.2 Å². The second kappa shape index (κ2) is 7.40. The van der Waals surface area contributed by atoms with E-state index in [0.717, 1.165) is 44.8 Å². The average molecular weight is 310 g/mol. The first kappa shape index (κ1) is 15.7. The lowest BCUT2D eigenvalue weighted by Gasteiger charge is -2.32. The number of quaternary nitrogens is 1. The monoisotopic (exact) mass is 310 g/mol. The Bertz CT molecular complexity index is 649. The summed E-state index contributed by atoms with van der Waals surface area (Å²) >= 11 is 0. The molecule has 0 bridgehead atoms. The van der Waals surface area contributed by atoms with Crippen molar-refractivity contribution >= 4 is 5.97 Å². The summed E-state index contributed by atoms with van der Waals surface area (Å²) in [6, 6.07) is 17.7. The van der Waals surface area contributed by atoms with Gasteiger partial charge in [-0.3, -0.25) is 4.90 Å². The van der Waals surface area contributed by atoms with Crippen molar-refractivity contribution in [2.45, 2.75) is 13.1 Å². The van der Waals surface area contributed by atoms with Crippen molar-refractivity contribution in [2.24, 2.45) is 0 Å². The highest BCUT2D eigenvalue weighted by Crippen LogP contribution is 2.08. The van der Waals surface area contributed by atoms with Gasteiger partial charge in [-0.15, -0.1) is 0 Å². The third-order valence-electron chi connectivity index (χ3n) is 4.43. The van der Waals surface area contributed by atoms with Gasteiger partial charge in [-0.1, -0.05) is 48.5 Å². The highest BCUT2D eigenvalue weighted by atomic mass is 16.4. The highest BCUT2D eigenvalue weighted by Gasteiger charge is 2.20. The van der Waals surface area contributed by atoms with Crippen LogP contribution in [0.25, 0.3) is 0 Å². The molecule has 23 heavy (non-hydrogen) atoms. The van der Waals surface area contributed by atoms with Crippen molar-refractivity contribution in [3.8, 4) is 0 Å². The molecule has 0 spiro atoms. The highest BCUT2D eigenvalue weighted by molar-refractivity contribution is 5.85. The molecule has 0 unspecified atom stereocenters. The minimum atomic E-state index is -1.11. The number of nitrogens with zero attached hydrogens (tertiary/aromatic N) is 1. The predicted molar refractivity (Wildman–Crippen MR) is 86.9 cm³/mol. The molecule has 2 aromatic rings. The summed E-state index contributed by atoms with van der Waals surface area (Å²) in [6.45, 7) is 6.20. The molecule has 2 aromatic carbocycles.